The minimum Gasteiger partial charge on any atom is -0.370 e. The van der Waals surface area contributed by atoms with Crippen molar-refractivity contribution in [2.24, 2.45) is 11.7 Å². The molecule has 0 atom stereocenters. The Bertz CT molecular complexity index is 186. The van der Waals surface area contributed by atoms with Crippen molar-refractivity contribution >= 4 is 5.91 Å². The molecule has 15 heavy (non-hydrogen) atoms. The molecule has 0 bridgehead atoms. The van der Waals surface area contributed by atoms with Gasteiger partial charge in [-0.05, 0) is 44.6 Å². The normalized spacial score (nSPS) is 26.5. The molecule has 3 N–H and O–H groups in total. The van der Waals surface area contributed by atoms with E-state index >= 15 is 0 Å². The van der Waals surface area contributed by atoms with Gasteiger partial charge in [-0.1, -0.05) is 13.3 Å². The van der Waals surface area contributed by atoms with E-state index in [2.05, 4.69) is 12.2 Å². The molecule has 1 rings (SSSR count). The van der Waals surface area contributed by atoms with Gasteiger partial charge in [0.15, 0.2) is 0 Å². The third-order valence-electron chi connectivity index (χ3n) is 3.46. The van der Waals surface area contributed by atoms with Gasteiger partial charge < -0.3 is 11.1 Å². The van der Waals surface area contributed by atoms with E-state index in [0.717, 1.165) is 18.9 Å². The first-order valence-electron chi connectivity index (χ1n) is 6.24. The Hall–Kier alpha value is -0.570. The Kier molecular flexibility index (Phi) is 5.69. The predicted octanol–water partition coefficient (Wildman–Crippen LogP) is 1.81. The van der Waals surface area contributed by atoms with Gasteiger partial charge in [-0.2, -0.15) is 0 Å². The molecule has 3 nitrogen and oxygen atoms in total. The molecule has 0 aliphatic heterocycles. The van der Waals surface area contributed by atoms with Crippen molar-refractivity contribution in [2.45, 2.75) is 57.9 Å². The van der Waals surface area contributed by atoms with Crippen LogP contribution in [0.4, 0.5) is 0 Å². The van der Waals surface area contributed by atoms with Crippen molar-refractivity contribution in [2.75, 3.05) is 6.54 Å². The lowest BCUT2D eigenvalue weighted by Gasteiger charge is -2.28. The molecule has 0 saturated heterocycles. The van der Waals surface area contributed by atoms with Gasteiger partial charge in [0.05, 0.1) is 0 Å². The second-order valence-corrected chi connectivity index (χ2v) is 4.65. The van der Waals surface area contributed by atoms with Crippen molar-refractivity contribution in [1.29, 1.82) is 0 Å². The smallest absolute Gasteiger partial charge is 0.217 e. The highest BCUT2D eigenvalue weighted by molar-refractivity contribution is 5.73. The molecule has 1 aliphatic carbocycles. The van der Waals surface area contributed by atoms with E-state index < -0.39 is 0 Å². The summed E-state index contributed by atoms with van der Waals surface area (Å²) in [6.45, 7) is 3.22. The number of rotatable bonds is 6. The molecular formula is C12H24N2O. The van der Waals surface area contributed by atoms with Gasteiger partial charge in [-0.25, -0.2) is 0 Å². The van der Waals surface area contributed by atoms with Crippen LogP contribution in [0.25, 0.3) is 0 Å². The fraction of sp³-hybridized carbons (Fsp3) is 0.917. The lowest BCUT2D eigenvalue weighted by atomic mass is 9.84. The maximum atomic E-state index is 10.5. The van der Waals surface area contributed by atoms with Crippen LogP contribution in [0, 0.1) is 5.92 Å². The third-order valence-corrected chi connectivity index (χ3v) is 3.46. The second kappa shape index (κ2) is 6.83. The molecule has 1 fully saturated rings. The molecule has 0 spiro atoms. The van der Waals surface area contributed by atoms with E-state index in [-0.39, 0.29) is 5.91 Å². The van der Waals surface area contributed by atoms with Gasteiger partial charge in [-0.15, -0.1) is 0 Å². The molecule has 88 valence electrons. The molecule has 1 amide bonds. The second-order valence-electron chi connectivity index (χ2n) is 4.65. The minimum atomic E-state index is -0.188. The van der Waals surface area contributed by atoms with Gasteiger partial charge in [0.1, 0.15) is 0 Å². The van der Waals surface area contributed by atoms with E-state index in [1.54, 1.807) is 0 Å². The monoisotopic (exact) mass is 212 g/mol. The van der Waals surface area contributed by atoms with Crippen molar-refractivity contribution in [1.82, 2.24) is 5.32 Å². The molecule has 3 heteroatoms. The van der Waals surface area contributed by atoms with Crippen molar-refractivity contribution in [3.05, 3.63) is 0 Å². The van der Waals surface area contributed by atoms with Crippen LogP contribution in [0.3, 0.4) is 0 Å². The van der Waals surface area contributed by atoms with E-state index in [0.29, 0.717) is 12.5 Å². The average molecular weight is 212 g/mol. The Morgan fingerprint density at radius 1 is 1.33 bits per heavy atom. The van der Waals surface area contributed by atoms with Crippen LogP contribution < -0.4 is 11.1 Å². The fourth-order valence-electron chi connectivity index (χ4n) is 2.34. The SMILES string of the molecule is CCC1CCC(NCCCC(N)=O)CC1. The van der Waals surface area contributed by atoms with Gasteiger partial charge in [0.2, 0.25) is 5.91 Å². The summed E-state index contributed by atoms with van der Waals surface area (Å²) in [5.41, 5.74) is 5.08. The highest BCUT2D eigenvalue weighted by atomic mass is 16.1. The number of amides is 1. The molecule has 0 unspecified atom stereocenters. The first kappa shape index (κ1) is 12.5. The summed E-state index contributed by atoms with van der Waals surface area (Å²) in [6.07, 6.45) is 8.05. The van der Waals surface area contributed by atoms with Crippen molar-refractivity contribution in [3.63, 3.8) is 0 Å². The number of hydrogen-bond donors (Lipinski definition) is 2. The van der Waals surface area contributed by atoms with Crippen LogP contribution in [0.2, 0.25) is 0 Å². The number of carbonyl (C=O) groups is 1. The summed E-state index contributed by atoms with van der Waals surface area (Å²) in [4.78, 5) is 10.5. The molecular weight excluding hydrogens is 188 g/mol. The molecule has 0 aromatic heterocycles. The number of nitrogens with one attached hydrogen (secondary N) is 1. The number of hydrogen-bond acceptors (Lipinski definition) is 2. The lowest BCUT2D eigenvalue weighted by Crippen LogP contribution is -2.34. The molecule has 0 radical (unpaired) electrons. The van der Waals surface area contributed by atoms with E-state index in [1.807, 2.05) is 0 Å². The lowest BCUT2D eigenvalue weighted by molar-refractivity contribution is -0.118. The van der Waals surface area contributed by atoms with Crippen LogP contribution in [-0.2, 0) is 4.79 Å². The number of carbonyl (C=O) groups excluding carboxylic acids is 1. The summed E-state index contributed by atoms with van der Waals surface area (Å²) < 4.78 is 0. The predicted molar refractivity (Wildman–Crippen MR) is 62.5 cm³/mol. The van der Waals surface area contributed by atoms with Crippen LogP contribution in [-0.4, -0.2) is 18.5 Å². The Morgan fingerprint density at radius 3 is 2.53 bits per heavy atom. The number of primary amides is 1. The first-order chi connectivity index (χ1) is 7.22. The van der Waals surface area contributed by atoms with E-state index in [4.69, 9.17) is 5.73 Å². The molecule has 0 heterocycles. The summed E-state index contributed by atoms with van der Waals surface area (Å²) in [5.74, 6) is 0.764. The zero-order valence-electron chi connectivity index (χ0n) is 9.80. The average Bonchev–Trinajstić information content (AvgIpc) is 2.25. The maximum absolute atomic E-state index is 10.5. The van der Waals surface area contributed by atoms with E-state index in [1.165, 1.54) is 32.1 Å². The topological polar surface area (TPSA) is 55.1 Å². The zero-order valence-corrected chi connectivity index (χ0v) is 9.80. The first-order valence-corrected chi connectivity index (χ1v) is 6.24. The highest BCUT2D eigenvalue weighted by Crippen LogP contribution is 2.26. The number of nitrogens with two attached hydrogens (primary N) is 1. The summed E-state index contributed by atoms with van der Waals surface area (Å²) in [7, 11) is 0. The highest BCUT2D eigenvalue weighted by Gasteiger charge is 2.18. The minimum absolute atomic E-state index is 0.188. The maximum Gasteiger partial charge on any atom is 0.217 e. The molecule has 0 aromatic rings. The summed E-state index contributed by atoms with van der Waals surface area (Å²) in [6, 6.07) is 0.681. The van der Waals surface area contributed by atoms with Gasteiger partial charge in [0, 0.05) is 12.5 Å². The van der Waals surface area contributed by atoms with Gasteiger partial charge in [-0.3, -0.25) is 4.79 Å². The Labute approximate surface area is 92.8 Å². The molecule has 0 aromatic carbocycles. The standard InChI is InChI=1S/C12H24N2O/c1-2-10-5-7-11(8-6-10)14-9-3-4-12(13)15/h10-11,14H,2-9H2,1H3,(H2,13,15). The molecule has 1 saturated carbocycles. The Balaban J connectivity index is 2.01. The van der Waals surface area contributed by atoms with Crippen LogP contribution >= 0.6 is 0 Å². The summed E-state index contributed by atoms with van der Waals surface area (Å²) in [5, 5.41) is 3.51. The quantitative estimate of drug-likeness (QED) is 0.660. The van der Waals surface area contributed by atoms with Gasteiger partial charge >= 0.3 is 0 Å². The third kappa shape index (κ3) is 5.17. The van der Waals surface area contributed by atoms with Crippen LogP contribution in [0.15, 0.2) is 0 Å². The molecule has 1 aliphatic rings. The van der Waals surface area contributed by atoms with E-state index in [9.17, 15) is 4.79 Å². The van der Waals surface area contributed by atoms with Crippen molar-refractivity contribution < 1.29 is 4.79 Å². The van der Waals surface area contributed by atoms with Crippen LogP contribution in [0.1, 0.15) is 51.9 Å². The largest absolute Gasteiger partial charge is 0.370 e. The summed E-state index contributed by atoms with van der Waals surface area (Å²) >= 11 is 0. The van der Waals surface area contributed by atoms with Crippen LogP contribution in [0.5, 0.6) is 0 Å². The Morgan fingerprint density at radius 2 is 2.00 bits per heavy atom. The van der Waals surface area contributed by atoms with Crippen molar-refractivity contribution in [3.8, 4) is 0 Å². The zero-order chi connectivity index (χ0) is 11.1. The fourth-order valence-corrected chi connectivity index (χ4v) is 2.34. The van der Waals surface area contributed by atoms with Gasteiger partial charge in [0.25, 0.3) is 0 Å².